The standard InChI is InChI=1S/C25H25Cl2N3O3S.C2HF3O2/c1-15(28)29-14-2-3-20(25(32)33)30-24(31)22-13-12-21(34-22)23(16-4-8-18(26)9-5-16)17-6-10-19(27)11-7-17;3-2(4,5)1(6)7/h4-13,20,23H,2-3,14H2,1H3,(H2,28,29)(H,30,31)(H,32,33);(H,6,7)/t20-;/m0./s1. The first-order valence-electron chi connectivity index (χ1n) is 11.9. The number of amidine groups is 1. The predicted molar refractivity (Wildman–Crippen MR) is 152 cm³/mol. The summed E-state index contributed by atoms with van der Waals surface area (Å²) in [7, 11) is 0. The minimum atomic E-state index is -5.08. The van der Waals surface area contributed by atoms with E-state index in [1.165, 1.54) is 11.3 Å². The van der Waals surface area contributed by atoms with Gasteiger partial charge in [-0.3, -0.25) is 9.79 Å². The van der Waals surface area contributed by atoms with Gasteiger partial charge in [-0.1, -0.05) is 47.5 Å². The molecule has 0 saturated heterocycles. The fourth-order valence-corrected chi connectivity index (χ4v) is 4.82. The van der Waals surface area contributed by atoms with Gasteiger partial charge in [0.15, 0.2) is 0 Å². The van der Waals surface area contributed by atoms with Crippen LogP contribution in [0.4, 0.5) is 13.2 Å². The number of hydrogen-bond acceptors (Lipinski definition) is 5. The maximum atomic E-state index is 12.9. The SMILES string of the molecule is CC(N)=NCCC[C@H](NC(=O)c1ccc(C(c2ccc(Cl)cc2)c2ccc(Cl)cc2)s1)C(=O)O.O=C(O)C(F)(F)F. The molecule has 0 radical (unpaired) electrons. The van der Waals surface area contributed by atoms with Crippen molar-refractivity contribution in [2.45, 2.75) is 37.9 Å². The molecule has 5 N–H and O–H groups in total. The number of carbonyl (C=O) groups is 3. The van der Waals surface area contributed by atoms with Gasteiger partial charge in [-0.15, -0.1) is 11.3 Å². The molecule has 3 rings (SSSR count). The van der Waals surface area contributed by atoms with Crippen LogP contribution in [-0.4, -0.2) is 52.7 Å². The van der Waals surface area contributed by atoms with Crippen LogP contribution < -0.4 is 11.1 Å². The summed E-state index contributed by atoms with van der Waals surface area (Å²) in [4.78, 5) is 38.8. The molecule has 0 saturated carbocycles. The number of carboxylic acids is 2. The first kappa shape index (κ1) is 33.6. The van der Waals surface area contributed by atoms with E-state index in [4.69, 9.17) is 38.8 Å². The third kappa shape index (κ3) is 11.1. The quantitative estimate of drug-likeness (QED) is 0.119. The molecule has 14 heteroatoms. The lowest BCUT2D eigenvalue weighted by Gasteiger charge is -2.17. The highest BCUT2D eigenvalue weighted by molar-refractivity contribution is 7.14. The van der Waals surface area contributed by atoms with E-state index in [0.717, 1.165) is 16.0 Å². The molecule has 0 aliphatic rings. The summed E-state index contributed by atoms with van der Waals surface area (Å²) in [6.07, 6.45) is -4.33. The Morgan fingerprint density at radius 3 is 1.85 bits per heavy atom. The molecule has 0 aliphatic carbocycles. The number of thiophene rings is 1. The van der Waals surface area contributed by atoms with Crippen LogP contribution in [0.1, 0.15) is 51.4 Å². The van der Waals surface area contributed by atoms with Crippen LogP contribution >= 0.6 is 34.5 Å². The Morgan fingerprint density at radius 1 is 0.951 bits per heavy atom. The number of aliphatic imine (C=N–C) groups is 1. The van der Waals surface area contributed by atoms with Crippen LogP contribution in [-0.2, 0) is 9.59 Å². The lowest BCUT2D eigenvalue weighted by molar-refractivity contribution is -0.192. The number of nitrogens with one attached hydrogen (secondary N) is 1. The van der Waals surface area contributed by atoms with Gasteiger partial charge in [0.25, 0.3) is 5.91 Å². The number of halogens is 5. The van der Waals surface area contributed by atoms with Crippen molar-refractivity contribution in [1.29, 1.82) is 0 Å². The third-order valence-electron chi connectivity index (χ3n) is 5.40. The molecule has 0 aliphatic heterocycles. The first-order valence-corrected chi connectivity index (χ1v) is 13.5. The van der Waals surface area contributed by atoms with Crippen molar-refractivity contribution in [2.75, 3.05) is 6.54 Å². The van der Waals surface area contributed by atoms with Gasteiger partial charge in [0, 0.05) is 27.4 Å². The van der Waals surface area contributed by atoms with Crippen LogP contribution in [0.25, 0.3) is 0 Å². The van der Waals surface area contributed by atoms with E-state index >= 15 is 0 Å². The zero-order valence-corrected chi connectivity index (χ0v) is 23.8. The van der Waals surface area contributed by atoms with Crippen LogP contribution in [0.2, 0.25) is 10.0 Å². The Hall–Kier alpha value is -3.61. The van der Waals surface area contributed by atoms with E-state index < -0.39 is 30.1 Å². The van der Waals surface area contributed by atoms with Crippen LogP contribution in [0.15, 0.2) is 65.7 Å². The molecular weight excluding hydrogens is 606 g/mol. The fraction of sp³-hybridized carbons (Fsp3) is 0.259. The van der Waals surface area contributed by atoms with Gasteiger partial charge >= 0.3 is 18.1 Å². The van der Waals surface area contributed by atoms with Crippen LogP contribution in [0.5, 0.6) is 0 Å². The molecule has 41 heavy (non-hydrogen) atoms. The van der Waals surface area contributed by atoms with Crippen molar-refractivity contribution in [2.24, 2.45) is 10.7 Å². The molecule has 1 heterocycles. The first-order chi connectivity index (χ1) is 19.2. The summed E-state index contributed by atoms with van der Waals surface area (Å²) < 4.78 is 31.7. The van der Waals surface area contributed by atoms with Crippen molar-refractivity contribution in [3.8, 4) is 0 Å². The Bertz CT molecular complexity index is 1310. The molecule has 1 atom stereocenters. The molecule has 220 valence electrons. The Balaban J connectivity index is 0.000000745. The maximum absolute atomic E-state index is 12.9. The van der Waals surface area contributed by atoms with Crippen molar-refractivity contribution < 1.29 is 37.8 Å². The smallest absolute Gasteiger partial charge is 0.480 e. The highest BCUT2D eigenvalue weighted by Gasteiger charge is 2.38. The number of carbonyl (C=O) groups excluding carboxylic acids is 1. The van der Waals surface area contributed by atoms with E-state index in [0.29, 0.717) is 33.7 Å². The number of hydrogen-bond donors (Lipinski definition) is 4. The number of carboxylic acid groups (broad SMARTS) is 2. The second-order valence-electron chi connectivity index (χ2n) is 8.57. The van der Waals surface area contributed by atoms with Gasteiger partial charge in [-0.25, -0.2) is 9.59 Å². The summed E-state index contributed by atoms with van der Waals surface area (Å²) in [5, 5.41) is 20.5. The lowest BCUT2D eigenvalue weighted by atomic mass is 9.90. The average Bonchev–Trinajstić information content (AvgIpc) is 3.37. The van der Waals surface area contributed by atoms with Crippen molar-refractivity contribution >= 4 is 58.2 Å². The summed E-state index contributed by atoms with van der Waals surface area (Å²) in [5.74, 6) is -3.95. The number of rotatable bonds is 10. The van der Waals surface area contributed by atoms with Crippen molar-refractivity contribution in [3.63, 3.8) is 0 Å². The van der Waals surface area contributed by atoms with Gasteiger partial charge in [-0.05, 0) is 67.3 Å². The second kappa shape index (κ2) is 15.4. The Labute approximate surface area is 247 Å². The van der Waals surface area contributed by atoms with E-state index in [1.54, 1.807) is 13.0 Å². The topological polar surface area (TPSA) is 142 Å². The number of benzene rings is 2. The van der Waals surface area contributed by atoms with Crippen molar-refractivity contribution in [1.82, 2.24) is 5.32 Å². The number of alkyl halides is 3. The Kier molecular flexibility index (Phi) is 12.6. The molecule has 0 unspecified atom stereocenters. The van der Waals surface area contributed by atoms with Gasteiger partial charge in [0.1, 0.15) is 6.04 Å². The van der Waals surface area contributed by atoms with Crippen LogP contribution in [0, 0.1) is 0 Å². The lowest BCUT2D eigenvalue weighted by Crippen LogP contribution is -2.40. The molecule has 0 spiro atoms. The van der Waals surface area contributed by atoms with Gasteiger partial charge < -0.3 is 21.3 Å². The molecule has 1 amide bonds. The summed E-state index contributed by atoms with van der Waals surface area (Å²) in [5.41, 5.74) is 7.53. The molecule has 2 aromatic carbocycles. The van der Waals surface area contributed by atoms with E-state index in [-0.39, 0.29) is 12.3 Å². The van der Waals surface area contributed by atoms with E-state index in [1.807, 2.05) is 54.6 Å². The number of amides is 1. The Morgan fingerprint density at radius 2 is 1.44 bits per heavy atom. The highest BCUT2D eigenvalue weighted by atomic mass is 35.5. The monoisotopic (exact) mass is 631 g/mol. The summed E-state index contributed by atoms with van der Waals surface area (Å²) in [6, 6.07) is 17.7. The largest absolute Gasteiger partial charge is 0.490 e. The normalized spacial score (nSPS) is 12.3. The van der Waals surface area contributed by atoms with Gasteiger partial charge in [0.05, 0.1) is 10.7 Å². The van der Waals surface area contributed by atoms with E-state index in [9.17, 15) is 27.9 Å². The van der Waals surface area contributed by atoms with Crippen LogP contribution in [0.3, 0.4) is 0 Å². The molecule has 8 nitrogen and oxygen atoms in total. The second-order valence-corrected chi connectivity index (χ2v) is 10.6. The van der Waals surface area contributed by atoms with Crippen molar-refractivity contribution in [3.05, 3.63) is 91.6 Å². The molecule has 1 aromatic heterocycles. The summed E-state index contributed by atoms with van der Waals surface area (Å²) in [6.45, 7) is 2.08. The minimum absolute atomic E-state index is 0.131. The highest BCUT2D eigenvalue weighted by Crippen LogP contribution is 2.37. The maximum Gasteiger partial charge on any atom is 0.490 e. The zero-order valence-electron chi connectivity index (χ0n) is 21.5. The zero-order chi connectivity index (χ0) is 30.7. The third-order valence-corrected chi connectivity index (χ3v) is 7.05. The fourth-order valence-electron chi connectivity index (χ4n) is 3.50. The molecular formula is C27H26Cl2F3N3O5S. The molecule has 0 fully saturated rings. The average molecular weight is 632 g/mol. The van der Waals surface area contributed by atoms with E-state index in [2.05, 4.69) is 10.3 Å². The molecule has 3 aromatic rings. The van der Waals surface area contributed by atoms with Gasteiger partial charge in [-0.2, -0.15) is 13.2 Å². The molecule has 0 bridgehead atoms. The number of aliphatic carboxylic acids is 2. The predicted octanol–water partition coefficient (Wildman–Crippen LogP) is 6.21. The number of nitrogens with two attached hydrogens (primary N) is 1. The minimum Gasteiger partial charge on any atom is -0.480 e. The number of nitrogens with zero attached hydrogens (tertiary/aromatic N) is 1. The van der Waals surface area contributed by atoms with Gasteiger partial charge in [0.2, 0.25) is 0 Å². The summed E-state index contributed by atoms with van der Waals surface area (Å²) >= 11 is 13.5.